The molecular formula is C24H28N6O4. The molecule has 0 unspecified atom stereocenters. The highest BCUT2D eigenvalue weighted by molar-refractivity contribution is 6.04. The van der Waals surface area contributed by atoms with Crippen LogP contribution in [0.2, 0.25) is 0 Å². The number of nitrogens with one attached hydrogen (secondary N) is 3. The maximum atomic E-state index is 12.7. The first kappa shape index (κ1) is 23.4. The third kappa shape index (κ3) is 6.18. The number of carbonyl (C=O) groups is 1. The molecule has 3 N–H and O–H groups in total. The number of rotatable bonds is 9. The van der Waals surface area contributed by atoms with E-state index in [1.165, 1.54) is 6.20 Å². The number of H-pyrrole nitrogens is 1. The van der Waals surface area contributed by atoms with Crippen molar-refractivity contribution in [3.05, 3.63) is 64.8 Å². The quantitative estimate of drug-likeness (QED) is 0.412. The number of pyridine rings is 1. The smallest absolute Gasteiger partial charge is 0.271 e. The van der Waals surface area contributed by atoms with E-state index >= 15 is 0 Å². The van der Waals surface area contributed by atoms with Crippen LogP contribution in [0.5, 0.6) is 5.75 Å². The molecule has 2 aromatic heterocycles. The first-order valence-corrected chi connectivity index (χ1v) is 11.2. The van der Waals surface area contributed by atoms with Gasteiger partial charge in [-0.25, -0.2) is 4.98 Å². The summed E-state index contributed by atoms with van der Waals surface area (Å²) in [5, 5.41) is 5.59. The summed E-state index contributed by atoms with van der Waals surface area (Å²) in [5.41, 5.74) is 1.33. The van der Waals surface area contributed by atoms with E-state index in [9.17, 15) is 9.59 Å². The van der Waals surface area contributed by atoms with Crippen LogP contribution in [0.3, 0.4) is 0 Å². The minimum Gasteiger partial charge on any atom is -0.494 e. The van der Waals surface area contributed by atoms with E-state index in [-0.39, 0.29) is 5.69 Å². The van der Waals surface area contributed by atoms with Crippen molar-refractivity contribution >= 4 is 17.4 Å². The number of morpholine rings is 1. The molecule has 1 amide bonds. The van der Waals surface area contributed by atoms with Crippen molar-refractivity contribution < 1.29 is 14.3 Å². The van der Waals surface area contributed by atoms with Crippen LogP contribution in [0.15, 0.2) is 53.7 Å². The van der Waals surface area contributed by atoms with Gasteiger partial charge in [0, 0.05) is 44.0 Å². The fourth-order valence-corrected chi connectivity index (χ4v) is 3.55. The zero-order chi connectivity index (χ0) is 23.8. The average Bonchev–Trinajstić information content (AvgIpc) is 2.89. The van der Waals surface area contributed by atoms with E-state index in [2.05, 4.69) is 30.5 Å². The molecule has 10 heteroatoms. The normalized spacial score (nSPS) is 13.9. The summed E-state index contributed by atoms with van der Waals surface area (Å²) < 4.78 is 11.1. The number of hydrogen-bond donors (Lipinski definition) is 3. The Morgan fingerprint density at radius 1 is 1.21 bits per heavy atom. The Labute approximate surface area is 197 Å². The molecule has 1 saturated heterocycles. The van der Waals surface area contributed by atoms with Gasteiger partial charge in [0.25, 0.3) is 11.5 Å². The van der Waals surface area contributed by atoms with Crippen LogP contribution in [-0.2, 0) is 4.74 Å². The lowest BCUT2D eigenvalue weighted by Gasteiger charge is -2.26. The van der Waals surface area contributed by atoms with Crippen molar-refractivity contribution in [3.63, 3.8) is 0 Å². The number of nitrogens with zero attached hydrogens (tertiary/aromatic N) is 3. The molecule has 4 rings (SSSR count). The molecule has 1 aromatic carbocycles. The number of aromatic amines is 1. The summed E-state index contributed by atoms with van der Waals surface area (Å²) in [5.74, 6) is 0.899. The predicted molar refractivity (Wildman–Crippen MR) is 129 cm³/mol. The Balaban J connectivity index is 1.33. The molecule has 34 heavy (non-hydrogen) atoms. The Morgan fingerprint density at radius 3 is 2.76 bits per heavy atom. The largest absolute Gasteiger partial charge is 0.494 e. The van der Waals surface area contributed by atoms with Gasteiger partial charge in [-0.2, -0.15) is 0 Å². The second kappa shape index (κ2) is 11.4. The van der Waals surface area contributed by atoms with Gasteiger partial charge in [-0.1, -0.05) is 0 Å². The molecular weight excluding hydrogens is 436 g/mol. The standard InChI is InChI=1S/C24H28N6O4/c1-25-22-16-26-15-21(28-22)18-13-20(24(32)27-14-18)29-23(31)17-3-5-19(6-4-17)34-10-2-7-30-8-11-33-12-9-30/h3-6,13-16H,2,7-12H2,1H3,(H,25,28)(H,27,32)(H,29,31). The summed E-state index contributed by atoms with van der Waals surface area (Å²) in [6, 6.07) is 8.43. The third-order valence-electron chi connectivity index (χ3n) is 5.45. The number of ether oxygens (including phenoxy) is 2. The molecule has 0 spiro atoms. The van der Waals surface area contributed by atoms with Crippen molar-refractivity contribution in [1.82, 2.24) is 19.9 Å². The second-order valence-electron chi connectivity index (χ2n) is 7.81. The topological polar surface area (TPSA) is 121 Å². The molecule has 1 fully saturated rings. The van der Waals surface area contributed by atoms with Gasteiger partial charge in [-0.15, -0.1) is 0 Å². The highest BCUT2D eigenvalue weighted by Crippen LogP contribution is 2.19. The fraction of sp³-hybridized carbons (Fsp3) is 0.333. The van der Waals surface area contributed by atoms with Crippen molar-refractivity contribution in [2.24, 2.45) is 0 Å². The number of amides is 1. The highest BCUT2D eigenvalue weighted by atomic mass is 16.5. The minimum absolute atomic E-state index is 0.127. The van der Waals surface area contributed by atoms with Crippen molar-refractivity contribution in [1.29, 1.82) is 0 Å². The number of aromatic nitrogens is 3. The summed E-state index contributed by atoms with van der Waals surface area (Å²) in [4.78, 5) is 38.5. The van der Waals surface area contributed by atoms with Gasteiger partial charge in [0.1, 0.15) is 17.3 Å². The van der Waals surface area contributed by atoms with Crippen LogP contribution in [0.1, 0.15) is 16.8 Å². The summed E-state index contributed by atoms with van der Waals surface area (Å²) in [6.07, 6.45) is 5.63. The van der Waals surface area contributed by atoms with Crippen LogP contribution in [-0.4, -0.2) is 72.3 Å². The predicted octanol–water partition coefficient (Wildman–Crippen LogP) is 2.23. The number of carbonyl (C=O) groups excluding carboxylic acids is 1. The third-order valence-corrected chi connectivity index (χ3v) is 5.45. The number of anilines is 2. The maximum Gasteiger partial charge on any atom is 0.271 e. The average molecular weight is 465 g/mol. The second-order valence-corrected chi connectivity index (χ2v) is 7.81. The zero-order valence-electron chi connectivity index (χ0n) is 19.0. The monoisotopic (exact) mass is 464 g/mol. The van der Waals surface area contributed by atoms with Gasteiger partial charge in [0.15, 0.2) is 0 Å². The van der Waals surface area contributed by atoms with E-state index in [1.807, 2.05) is 0 Å². The van der Waals surface area contributed by atoms with E-state index in [4.69, 9.17) is 9.47 Å². The Morgan fingerprint density at radius 2 is 2.00 bits per heavy atom. The Hall–Kier alpha value is -3.76. The summed E-state index contributed by atoms with van der Waals surface area (Å²) >= 11 is 0. The lowest BCUT2D eigenvalue weighted by Crippen LogP contribution is -2.37. The minimum atomic E-state index is -0.407. The summed E-state index contributed by atoms with van der Waals surface area (Å²) in [6.45, 7) is 5.08. The van der Waals surface area contributed by atoms with Crippen molar-refractivity contribution in [2.45, 2.75) is 6.42 Å². The molecule has 0 saturated carbocycles. The molecule has 10 nitrogen and oxygen atoms in total. The molecule has 0 bridgehead atoms. The fourth-order valence-electron chi connectivity index (χ4n) is 3.55. The lowest BCUT2D eigenvalue weighted by molar-refractivity contribution is 0.0358. The van der Waals surface area contributed by atoms with Crippen LogP contribution in [0, 0.1) is 0 Å². The number of hydrogen-bond acceptors (Lipinski definition) is 8. The molecule has 178 valence electrons. The van der Waals surface area contributed by atoms with Gasteiger partial charge < -0.3 is 25.1 Å². The first-order chi connectivity index (χ1) is 16.6. The SMILES string of the molecule is CNc1cncc(-c2c[nH]c(=O)c(NC(=O)c3ccc(OCCCN4CCOCC4)cc3)c2)n1. The Kier molecular flexibility index (Phi) is 7.84. The lowest BCUT2D eigenvalue weighted by atomic mass is 10.2. The van der Waals surface area contributed by atoms with Crippen LogP contribution < -0.4 is 20.9 Å². The van der Waals surface area contributed by atoms with Gasteiger partial charge in [0.05, 0.1) is 37.9 Å². The van der Waals surface area contributed by atoms with E-state index in [0.29, 0.717) is 35.0 Å². The van der Waals surface area contributed by atoms with Gasteiger partial charge in [0.2, 0.25) is 0 Å². The van der Waals surface area contributed by atoms with Crippen molar-refractivity contribution in [3.8, 4) is 17.0 Å². The van der Waals surface area contributed by atoms with Gasteiger partial charge in [-0.3, -0.25) is 19.5 Å². The molecule has 0 aliphatic carbocycles. The molecule has 0 atom stereocenters. The molecule has 3 aromatic rings. The van der Waals surface area contributed by atoms with Crippen molar-refractivity contribution in [2.75, 3.05) is 57.1 Å². The molecule has 3 heterocycles. The number of benzene rings is 1. The molecule has 1 aliphatic rings. The first-order valence-electron chi connectivity index (χ1n) is 11.2. The summed E-state index contributed by atoms with van der Waals surface area (Å²) in [7, 11) is 1.74. The zero-order valence-corrected chi connectivity index (χ0v) is 19.0. The van der Waals surface area contributed by atoms with Crippen LogP contribution >= 0.6 is 0 Å². The van der Waals surface area contributed by atoms with E-state index in [0.717, 1.165) is 39.3 Å². The maximum absolute atomic E-state index is 12.7. The van der Waals surface area contributed by atoms with E-state index < -0.39 is 11.5 Å². The Bertz CT molecular complexity index is 1160. The van der Waals surface area contributed by atoms with Crippen LogP contribution in [0.25, 0.3) is 11.3 Å². The van der Waals surface area contributed by atoms with E-state index in [1.54, 1.807) is 49.8 Å². The molecule has 1 aliphatic heterocycles. The van der Waals surface area contributed by atoms with Crippen LogP contribution in [0.4, 0.5) is 11.5 Å². The highest BCUT2D eigenvalue weighted by Gasteiger charge is 2.12. The van der Waals surface area contributed by atoms with Gasteiger partial charge in [-0.05, 0) is 36.8 Å². The molecule has 0 radical (unpaired) electrons. The van der Waals surface area contributed by atoms with Gasteiger partial charge >= 0.3 is 0 Å².